The lowest BCUT2D eigenvalue weighted by molar-refractivity contribution is 0.281. The molecule has 1 N–H and O–H groups in total. The van der Waals surface area contributed by atoms with Gasteiger partial charge in [-0.25, -0.2) is 9.97 Å². The minimum absolute atomic E-state index is 0.00457. The fourth-order valence-corrected chi connectivity index (χ4v) is 2.11. The van der Waals surface area contributed by atoms with E-state index in [-0.39, 0.29) is 12.0 Å². The van der Waals surface area contributed by atoms with Crippen LogP contribution >= 0.6 is 0 Å². The van der Waals surface area contributed by atoms with Crippen LogP contribution in [0.25, 0.3) is 5.82 Å². The third kappa shape index (κ3) is 3.29. The van der Waals surface area contributed by atoms with Crippen molar-refractivity contribution in [3.05, 3.63) is 35.0 Å². The van der Waals surface area contributed by atoms with Gasteiger partial charge in [-0.3, -0.25) is 0 Å². The number of aryl methyl sites for hydroxylation is 2. The number of aromatic nitrogens is 4. The predicted molar refractivity (Wildman–Crippen MR) is 82.5 cm³/mol. The van der Waals surface area contributed by atoms with E-state index in [1.165, 1.54) is 0 Å². The normalized spacial score (nSPS) is 11.9. The van der Waals surface area contributed by atoms with E-state index in [2.05, 4.69) is 37.8 Å². The van der Waals surface area contributed by atoms with Crippen molar-refractivity contribution in [1.29, 1.82) is 0 Å². The Morgan fingerprint density at radius 2 is 1.81 bits per heavy atom. The summed E-state index contributed by atoms with van der Waals surface area (Å²) in [5.41, 5.74) is 1.71. The summed E-state index contributed by atoms with van der Waals surface area (Å²) in [5, 5.41) is 14.0. The van der Waals surface area contributed by atoms with E-state index >= 15 is 0 Å². The van der Waals surface area contributed by atoms with Gasteiger partial charge in [-0.2, -0.15) is 4.68 Å². The monoisotopic (exact) mass is 288 g/mol. The van der Waals surface area contributed by atoms with Crippen LogP contribution in [0, 0.1) is 0 Å². The average Bonchev–Trinajstić information content (AvgIpc) is 2.89. The summed E-state index contributed by atoms with van der Waals surface area (Å²) in [6, 6.07) is 3.83. The molecule has 2 heterocycles. The maximum Gasteiger partial charge on any atom is 0.156 e. The lowest BCUT2D eigenvalue weighted by atomic mass is 9.91. The molecule has 0 saturated carbocycles. The maximum absolute atomic E-state index is 9.50. The van der Waals surface area contributed by atoms with Gasteiger partial charge in [0, 0.05) is 24.0 Å². The molecule has 2 rings (SSSR count). The van der Waals surface area contributed by atoms with Gasteiger partial charge in [0.15, 0.2) is 11.6 Å². The highest BCUT2D eigenvalue weighted by Crippen LogP contribution is 2.23. The zero-order chi connectivity index (χ0) is 15.6. The lowest BCUT2D eigenvalue weighted by Gasteiger charge is -2.19. The summed E-state index contributed by atoms with van der Waals surface area (Å²) >= 11 is 0. The Kier molecular flexibility index (Phi) is 4.42. The molecular weight excluding hydrogens is 264 g/mol. The first-order valence-corrected chi connectivity index (χ1v) is 7.46. The highest BCUT2D eigenvalue weighted by Gasteiger charge is 2.19. The Morgan fingerprint density at radius 1 is 1.10 bits per heavy atom. The number of rotatable bonds is 4. The van der Waals surface area contributed by atoms with Crippen molar-refractivity contribution in [2.75, 3.05) is 0 Å². The van der Waals surface area contributed by atoms with Crippen molar-refractivity contribution in [3.63, 3.8) is 0 Å². The van der Waals surface area contributed by atoms with E-state index in [0.717, 1.165) is 41.6 Å². The fourth-order valence-electron chi connectivity index (χ4n) is 2.11. The second-order valence-electron chi connectivity index (χ2n) is 6.19. The summed E-state index contributed by atoms with van der Waals surface area (Å²) in [5.74, 6) is 2.45. The molecule has 5 heteroatoms. The third-order valence-corrected chi connectivity index (χ3v) is 3.39. The number of nitrogens with zero attached hydrogens (tertiary/aromatic N) is 4. The van der Waals surface area contributed by atoms with Crippen LogP contribution in [0.3, 0.4) is 0 Å². The number of aliphatic hydroxyl groups excluding tert-OH is 1. The molecule has 0 aliphatic carbocycles. The van der Waals surface area contributed by atoms with Crippen molar-refractivity contribution in [2.24, 2.45) is 0 Å². The molecule has 0 spiro atoms. The standard InChI is InChI=1S/C16H24N4O/c1-6-13-18-14(7-2)20(19-13)15-9-11(10-21)8-12(17-15)16(3,4)5/h8-9,21H,6-7,10H2,1-5H3. The molecule has 0 aliphatic rings. The first-order chi connectivity index (χ1) is 9.88. The van der Waals surface area contributed by atoms with Crippen molar-refractivity contribution >= 4 is 0 Å². The van der Waals surface area contributed by atoms with Gasteiger partial charge in [0.2, 0.25) is 0 Å². The van der Waals surface area contributed by atoms with E-state index in [1.807, 2.05) is 19.1 Å². The Hall–Kier alpha value is -1.75. The van der Waals surface area contributed by atoms with Gasteiger partial charge in [-0.05, 0) is 17.7 Å². The van der Waals surface area contributed by atoms with Gasteiger partial charge >= 0.3 is 0 Å². The van der Waals surface area contributed by atoms with Crippen LogP contribution in [0.2, 0.25) is 0 Å². The molecule has 0 aliphatic heterocycles. The van der Waals surface area contributed by atoms with E-state index in [9.17, 15) is 5.11 Å². The number of pyridine rings is 1. The minimum Gasteiger partial charge on any atom is -0.392 e. The minimum atomic E-state index is -0.0829. The fraction of sp³-hybridized carbons (Fsp3) is 0.562. The second-order valence-corrected chi connectivity index (χ2v) is 6.19. The average molecular weight is 288 g/mol. The van der Waals surface area contributed by atoms with Crippen LogP contribution in [-0.2, 0) is 24.9 Å². The molecular formula is C16H24N4O. The highest BCUT2D eigenvalue weighted by atomic mass is 16.3. The Balaban J connectivity index is 2.60. The topological polar surface area (TPSA) is 63.8 Å². The Bertz CT molecular complexity index is 626. The lowest BCUT2D eigenvalue weighted by Crippen LogP contribution is -2.17. The van der Waals surface area contributed by atoms with E-state index in [0.29, 0.717) is 0 Å². The second kappa shape index (κ2) is 5.93. The molecule has 0 radical (unpaired) electrons. The van der Waals surface area contributed by atoms with Crippen LogP contribution in [0.15, 0.2) is 12.1 Å². The molecule has 114 valence electrons. The van der Waals surface area contributed by atoms with E-state index in [4.69, 9.17) is 4.98 Å². The van der Waals surface area contributed by atoms with Gasteiger partial charge in [0.1, 0.15) is 5.82 Å². The zero-order valence-electron chi connectivity index (χ0n) is 13.5. The molecule has 5 nitrogen and oxygen atoms in total. The van der Waals surface area contributed by atoms with Crippen LogP contribution in [0.4, 0.5) is 0 Å². The van der Waals surface area contributed by atoms with E-state index < -0.39 is 0 Å². The Morgan fingerprint density at radius 3 is 2.33 bits per heavy atom. The van der Waals surface area contributed by atoms with Crippen LogP contribution in [0.5, 0.6) is 0 Å². The summed E-state index contributed by atoms with van der Waals surface area (Å²) in [6.45, 7) is 10.4. The van der Waals surface area contributed by atoms with Gasteiger partial charge in [-0.15, -0.1) is 5.10 Å². The summed E-state index contributed by atoms with van der Waals surface area (Å²) in [7, 11) is 0. The first kappa shape index (κ1) is 15.6. The summed E-state index contributed by atoms with van der Waals surface area (Å²) in [6.07, 6.45) is 1.59. The number of hydrogen-bond acceptors (Lipinski definition) is 4. The first-order valence-electron chi connectivity index (χ1n) is 7.46. The van der Waals surface area contributed by atoms with Crippen LogP contribution in [0.1, 0.15) is 57.5 Å². The van der Waals surface area contributed by atoms with Gasteiger partial charge in [0.25, 0.3) is 0 Å². The zero-order valence-corrected chi connectivity index (χ0v) is 13.5. The van der Waals surface area contributed by atoms with Crippen molar-refractivity contribution < 1.29 is 5.11 Å². The highest BCUT2D eigenvalue weighted by molar-refractivity contribution is 5.33. The molecule has 0 atom stereocenters. The van der Waals surface area contributed by atoms with Crippen molar-refractivity contribution in [1.82, 2.24) is 19.7 Å². The smallest absolute Gasteiger partial charge is 0.156 e. The number of aliphatic hydroxyl groups is 1. The third-order valence-electron chi connectivity index (χ3n) is 3.39. The van der Waals surface area contributed by atoms with Gasteiger partial charge in [-0.1, -0.05) is 34.6 Å². The molecule has 2 aromatic heterocycles. The summed E-state index contributed by atoms with van der Waals surface area (Å²) in [4.78, 5) is 9.25. The molecule has 2 aromatic rings. The van der Waals surface area contributed by atoms with E-state index in [1.54, 1.807) is 4.68 Å². The molecule has 0 amide bonds. The molecule has 0 fully saturated rings. The SMILES string of the molecule is CCc1nc(CC)n(-c2cc(CO)cc(C(C)(C)C)n2)n1. The van der Waals surface area contributed by atoms with Gasteiger partial charge < -0.3 is 5.11 Å². The number of hydrogen-bond donors (Lipinski definition) is 1. The molecule has 0 bridgehead atoms. The summed E-state index contributed by atoms with van der Waals surface area (Å²) < 4.78 is 1.80. The Labute approximate surface area is 126 Å². The van der Waals surface area contributed by atoms with Crippen LogP contribution in [-0.4, -0.2) is 24.9 Å². The molecule has 21 heavy (non-hydrogen) atoms. The van der Waals surface area contributed by atoms with Crippen molar-refractivity contribution in [3.8, 4) is 5.82 Å². The maximum atomic E-state index is 9.50. The quantitative estimate of drug-likeness (QED) is 0.939. The molecule has 0 saturated heterocycles. The van der Waals surface area contributed by atoms with Crippen LogP contribution < -0.4 is 0 Å². The van der Waals surface area contributed by atoms with Gasteiger partial charge in [0.05, 0.1) is 6.61 Å². The predicted octanol–water partition coefficient (Wildman–Crippen LogP) is 2.58. The molecule has 0 unspecified atom stereocenters. The largest absolute Gasteiger partial charge is 0.392 e. The van der Waals surface area contributed by atoms with Crippen molar-refractivity contribution in [2.45, 2.75) is 59.5 Å². The molecule has 0 aromatic carbocycles.